The highest BCUT2D eigenvalue weighted by Crippen LogP contribution is 2.26. The average Bonchev–Trinajstić information content (AvgIpc) is 2.95. The molecule has 0 aliphatic carbocycles. The van der Waals surface area contributed by atoms with Gasteiger partial charge in [0.15, 0.2) is 0 Å². The smallest absolute Gasteiger partial charge is 0.242 e. The van der Waals surface area contributed by atoms with Gasteiger partial charge in [0.25, 0.3) is 0 Å². The van der Waals surface area contributed by atoms with E-state index in [1.165, 1.54) is 12.1 Å². The van der Waals surface area contributed by atoms with Gasteiger partial charge in [-0.05, 0) is 54.7 Å². The van der Waals surface area contributed by atoms with Gasteiger partial charge in [-0.1, -0.05) is 23.2 Å². The number of halogens is 2. The Morgan fingerprint density at radius 1 is 1.27 bits per heavy atom. The van der Waals surface area contributed by atoms with Gasteiger partial charge in [0.05, 0.1) is 5.02 Å². The van der Waals surface area contributed by atoms with Crippen molar-refractivity contribution in [3.63, 3.8) is 0 Å². The van der Waals surface area contributed by atoms with Crippen LogP contribution in [0.15, 0.2) is 39.9 Å². The zero-order chi connectivity index (χ0) is 16.3. The lowest BCUT2D eigenvalue weighted by Crippen LogP contribution is -2.34. The van der Waals surface area contributed by atoms with Crippen molar-refractivity contribution in [3.05, 3.63) is 50.6 Å². The van der Waals surface area contributed by atoms with Crippen LogP contribution < -0.4 is 4.72 Å². The molecule has 0 bridgehead atoms. The summed E-state index contributed by atoms with van der Waals surface area (Å²) in [6.07, 6.45) is 0. The summed E-state index contributed by atoms with van der Waals surface area (Å²) in [5, 5.41) is 4.44. The maximum absolute atomic E-state index is 12.4. The highest BCUT2D eigenvalue weighted by Gasteiger charge is 2.22. The molecule has 2 rings (SSSR count). The third kappa shape index (κ3) is 4.22. The minimum Gasteiger partial charge on any atom is -0.301 e. The van der Waals surface area contributed by atoms with E-state index in [1.807, 2.05) is 35.8 Å². The highest BCUT2D eigenvalue weighted by molar-refractivity contribution is 7.89. The standard InChI is InChI=1S/C14H16Cl2N2O2S2/c1-18(2)13(10-5-6-21-9-10)8-17-22(19,20)14-7-11(15)3-4-12(14)16/h3-7,9,13,17H,8H2,1-2H3/t13-/m0/s1. The normalized spacial score (nSPS) is 13.5. The van der Waals surface area contributed by atoms with Gasteiger partial charge in [-0.25, -0.2) is 13.1 Å². The topological polar surface area (TPSA) is 49.4 Å². The lowest BCUT2D eigenvalue weighted by molar-refractivity contribution is 0.300. The first-order valence-electron chi connectivity index (χ1n) is 6.44. The number of sulfonamides is 1. The Hall–Kier alpha value is -0.630. The number of nitrogens with one attached hydrogen (secondary N) is 1. The van der Waals surface area contributed by atoms with E-state index in [1.54, 1.807) is 17.4 Å². The van der Waals surface area contributed by atoms with E-state index in [9.17, 15) is 8.42 Å². The van der Waals surface area contributed by atoms with Gasteiger partial charge in [-0.2, -0.15) is 11.3 Å². The first kappa shape index (κ1) is 17.7. The monoisotopic (exact) mass is 378 g/mol. The predicted octanol–water partition coefficient (Wildman–Crippen LogP) is 3.64. The molecule has 4 nitrogen and oxygen atoms in total. The molecular weight excluding hydrogens is 363 g/mol. The lowest BCUT2D eigenvalue weighted by Gasteiger charge is -2.24. The minimum atomic E-state index is -3.72. The van der Waals surface area contributed by atoms with Crippen molar-refractivity contribution in [1.29, 1.82) is 0 Å². The molecule has 0 unspecified atom stereocenters. The molecule has 0 aliphatic rings. The van der Waals surface area contributed by atoms with E-state index < -0.39 is 10.0 Å². The Morgan fingerprint density at radius 3 is 2.59 bits per heavy atom. The Labute approximate surface area is 144 Å². The van der Waals surface area contributed by atoms with E-state index in [2.05, 4.69) is 4.72 Å². The van der Waals surface area contributed by atoms with Crippen LogP contribution in [0.1, 0.15) is 11.6 Å². The van der Waals surface area contributed by atoms with E-state index in [0.717, 1.165) is 5.56 Å². The molecule has 1 atom stereocenters. The van der Waals surface area contributed by atoms with Gasteiger partial charge in [0.1, 0.15) is 4.90 Å². The molecule has 2 aromatic rings. The van der Waals surface area contributed by atoms with Crippen molar-refractivity contribution >= 4 is 44.6 Å². The third-order valence-electron chi connectivity index (χ3n) is 3.20. The van der Waals surface area contributed by atoms with Crippen LogP contribution in [0.25, 0.3) is 0 Å². The lowest BCUT2D eigenvalue weighted by atomic mass is 10.1. The van der Waals surface area contributed by atoms with E-state index in [4.69, 9.17) is 23.2 Å². The van der Waals surface area contributed by atoms with Crippen LogP contribution in [0.4, 0.5) is 0 Å². The van der Waals surface area contributed by atoms with Gasteiger partial charge in [-0.3, -0.25) is 0 Å². The van der Waals surface area contributed by atoms with Crippen LogP contribution in [0.2, 0.25) is 10.0 Å². The first-order valence-corrected chi connectivity index (χ1v) is 9.62. The number of nitrogens with zero attached hydrogens (tertiary/aromatic N) is 1. The summed E-state index contributed by atoms with van der Waals surface area (Å²) in [5.74, 6) is 0. The molecule has 0 radical (unpaired) electrons. The molecule has 0 saturated carbocycles. The predicted molar refractivity (Wildman–Crippen MR) is 92.4 cm³/mol. The summed E-state index contributed by atoms with van der Waals surface area (Å²) < 4.78 is 27.5. The zero-order valence-corrected chi connectivity index (χ0v) is 15.2. The average molecular weight is 379 g/mol. The van der Waals surface area contributed by atoms with Crippen molar-refractivity contribution < 1.29 is 8.42 Å². The van der Waals surface area contributed by atoms with Gasteiger partial charge in [0, 0.05) is 17.6 Å². The highest BCUT2D eigenvalue weighted by atomic mass is 35.5. The molecule has 0 fully saturated rings. The molecule has 1 N–H and O–H groups in total. The summed E-state index contributed by atoms with van der Waals surface area (Å²) in [6, 6.07) is 6.30. The Morgan fingerprint density at radius 2 is 2.00 bits per heavy atom. The zero-order valence-electron chi connectivity index (χ0n) is 12.1. The summed E-state index contributed by atoms with van der Waals surface area (Å²) in [7, 11) is 0.0887. The van der Waals surface area contributed by atoms with Crippen molar-refractivity contribution in [1.82, 2.24) is 9.62 Å². The van der Waals surface area contributed by atoms with Gasteiger partial charge < -0.3 is 4.90 Å². The Bertz CT molecular complexity index is 731. The number of hydrogen-bond donors (Lipinski definition) is 1. The molecule has 0 amide bonds. The molecule has 120 valence electrons. The fraction of sp³-hybridized carbons (Fsp3) is 0.286. The molecule has 8 heteroatoms. The van der Waals surface area contributed by atoms with Crippen LogP contribution in [-0.2, 0) is 10.0 Å². The number of likely N-dealkylation sites (N-methyl/N-ethyl adjacent to an activating group) is 1. The number of benzene rings is 1. The third-order valence-corrected chi connectivity index (χ3v) is 6.04. The van der Waals surface area contributed by atoms with Crippen LogP contribution >= 0.6 is 34.5 Å². The largest absolute Gasteiger partial charge is 0.301 e. The second-order valence-electron chi connectivity index (χ2n) is 4.96. The molecule has 0 aliphatic heterocycles. The number of hydrogen-bond acceptors (Lipinski definition) is 4. The maximum atomic E-state index is 12.4. The van der Waals surface area contributed by atoms with Crippen LogP contribution in [-0.4, -0.2) is 34.0 Å². The van der Waals surface area contributed by atoms with Crippen LogP contribution in [0, 0.1) is 0 Å². The molecule has 0 spiro atoms. The summed E-state index contributed by atoms with van der Waals surface area (Å²) in [4.78, 5) is 1.95. The fourth-order valence-electron chi connectivity index (χ4n) is 2.01. The van der Waals surface area contributed by atoms with Gasteiger partial charge in [-0.15, -0.1) is 0 Å². The summed E-state index contributed by atoms with van der Waals surface area (Å²) >= 11 is 13.4. The minimum absolute atomic E-state index is 0.00973. The first-order chi connectivity index (χ1) is 10.3. The molecular formula is C14H16Cl2N2O2S2. The van der Waals surface area contributed by atoms with Gasteiger partial charge in [0.2, 0.25) is 10.0 Å². The SMILES string of the molecule is CN(C)[C@@H](CNS(=O)(=O)c1cc(Cl)ccc1Cl)c1ccsc1. The quantitative estimate of drug-likeness (QED) is 0.834. The van der Waals surface area contributed by atoms with Crippen LogP contribution in [0.3, 0.4) is 0 Å². The molecule has 1 aromatic heterocycles. The van der Waals surface area contributed by atoms with Crippen molar-refractivity contribution in [2.75, 3.05) is 20.6 Å². The molecule has 1 heterocycles. The van der Waals surface area contributed by atoms with Crippen molar-refractivity contribution in [3.8, 4) is 0 Å². The second kappa shape index (κ2) is 7.29. The Kier molecular flexibility index (Phi) is 5.87. The Balaban J connectivity index is 2.20. The van der Waals surface area contributed by atoms with Gasteiger partial charge >= 0.3 is 0 Å². The van der Waals surface area contributed by atoms with E-state index in [0.29, 0.717) is 5.02 Å². The summed E-state index contributed by atoms with van der Waals surface area (Å²) in [5.41, 5.74) is 1.06. The van der Waals surface area contributed by atoms with E-state index in [-0.39, 0.29) is 22.5 Å². The van der Waals surface area contributed by atoms with E-state index >= 15 is 0 Å². The molecule has 22 heavy (non-hydrogen) atoms. The molecule has 1 aromatic carbocycles. The van der Waals surface area contributed by atoms with Crippen molar-refractivity contribution in [2.24, 2.45) is 0 Å². The van der Waals surface area contributed by atoms with Crippen molar-refractivity contribution in [2.45, 2.75) is 10.9 Å². The maximum Gasteiger partial charge on any atom is 0.242 e. The fourth-order valence-corrected chi connectivity index (χ4v) is 4.52. The summed E-state index contributed by atoms with van der Waals surface area (Å²) in [6.45, 7) is 0.245. The molecule has 0 saturated heterocycles. The van der Waals surface area contributed by atoms with Crippen LogP contribution in [0.5, 0.6) is 0 Å². The second-order valence-corrected chi connectivity index (χ2v) is 8.32. The number of rotatable bonds is 6. The number of thiophene rings is 1.